The van der Waals surface area contributed by atoms with E-state index in [1.165, 1.54) is 12.8 Å². The molecule has 0 bridgehead atoms. The molecule has 0 aliphatic heterocycles. The van der Waals surface area contributed by atoms with Crippen LogP contribution in [0.15, 0.2) is 0 Å². The SMILES string of the molecule is CC1CCC(C(C)C)C(OC(=O)C2C(C)C2CO)C1. The van der Waals surface area contributed by atoms with Crippen molar-refractivity contribution in [3.63, 3.8) is 0 Å². The van der Waals surface area contributed by atoms with Gasteiger partial charge in [0.25, 0.3) is 0 Å². The Hall–Kier alpha value is -0.570. The number of carbonyl (C=O) groups excluding carboxylic acids is 1. The summed E-state index contributed by atoms with van der Waals surface area (Å²) in [4.78, 5) is 12.2. The molecule has 0 radical (unpaired) electrons. The van der Waals surface area contributed by atoms with Gasteiger partial charge in [0.15, 0.2) is 0 Å². The molecule has 110 valence electrons. The zero-order chi connectivity index (χ0) is 14.2. The van der Waals surface area contributed by atoms with Crippen molar-refractivity contribution < 1.29 is 14.6 Å². The second-order valence-electron chi connectivity index (χ2n) is 7.03. The van der Waals surface area contributed by atoms with Gasteiger partial charge in [-0.1, -0.05) is 34.1 Å². The molecule has 2 saturated carbocycles. The standard InChI is InChI=1S/C16H28O3/c1-9(2)12-6-5-10(3)7-14(12)19-16(18)15-11(4)13(15)8-17/h9-15,17H,5-8H2,1-4H3. The summed E-state index contributed by atoms with van der Waals surface area (Å²) >= 11 is 0. The van der Waals surface area contributed by atoms with Crippen molar-refractivity contribution in [2.75, 3.05) is 6.61 Å². The molecule has 2 rings (SSSR count). The minimum Gasteiger partial charge on any atom is -0.462 e. The van der Waals surface area contributed by atoms with Crippen LogP contribution in [0.2, 0.25) is 0 Å². The first-order chi connectivity index (χ1) is 8.95. The molecular weight excluding hydrogens is 240 g/mol. The van der Waals surface area contributed by atoms with Gasteiger partial charge in [-0.3, -0.25) is 4.79 Å². The van der Waals surface area contributed by atoms with E-state index in [9.17, 15) is 9.90 Å². The molecule has 0 spiro atoms. The molecule has 0 heterocycles. The van der Waals surface area contributed by atoms with E-state index in [-0.39, 0.29) is 36.4 Å². The van der Waals surface area contributed by atoms with Crippen molar-refractivity contribution >= 4 is 5.97 Å². The largest absolute Gasteiger partial charge is 0.462 e. The lowest BCUT2D eigenvalue weighted by Crippen LogP contribution is -2.36. The molecule has 0 aromatic carbocycles. The number of aliphatic hydroxyl groups is 1. The summed E-state index contributed by atoms with van der Waals surface area (Å²) in [5, 5.41) is 9.18. The molecule has 2 aliphatic carbocycles. The summed E-state index contributed by atoms with van der Waals surface area (Å²) < 4.78 is 5.81. The van der Waals surface area contributed by atoms with Crippen molar-refractivity contribution in [2.45, 2.75) is 53.1 Å². The minimum absolute atomic E-state index is 0.0601. The quantitative estimate of drug-likeness (QED) is 0.797. The molecule has 2 aliphatic rings. The Kier molecular flexibility index (Phi) is 4.54. The normalized spacial score (nSPS) is 42.2. The molecule has 0 saturated heterocycles. The summed E-state index contributed by atoms with van der Waals surface area (Å²) in [5.41, 5.74) is 0. The lowest BCUT2D eigenvalue weighted by atomic mass is 9.75. The molecule has 19 heavy (non-hydrogen) atoms. The van der Waals surface area contributed by atoms with E-state index < -0.39 is 0 Å². The zero-order valence-corrected chi connectivity index (χ0v) is 12.6. The fourth-order valence-corrected chi connectivity index (χ4v) is 3.69. The number of ether oxygens (including phenoxy) is 1. The summed E-state index contributed by atoms with van der Waals surface area (Å²) in [6.07, 6.45) is 3.50. The van der Waals surface area contributed by atoms with E-state index in [1.807, 2.05) is 6.92 Å². The van der Waals surface area contributed by atoms with Gasteiger partial charge in [-0.2, -0.15) is 0 Å². The van der Waals surface area contributed by atoms with Crippen molar-refractivity contribution in [3.8, 4) is 0 Å². The Morgan fingerprint density at radius 2 is 2.00 bits per heavy atom. The summed E-state index contributed by atoms with van der Waals surface area (Å²) in [6, 6.07) is 0. The summed E-state index contributed by atoms with van der Waals surface area (Å²) in [6.45, 7) is 8.81. The number of hydrogen-bond acceptors (Lipinski definition) is 3. The third-order valence-electron chi connectivity index (χ3n) is 5.27. The molecule has 0 amide bonds. The molecule has 3 heteroatoms. The molecule has 1 N–H and O–H groups in total. The van der Waals surface area contributed by atoms with Crippen LogP contribution in [0.5, 0.6) is 0 Å². The van der Waals surface area contributed by atoms with E-state index in [2.05, 4.69) is 20.8 Å². The number of carbonyl (C=O) groups is 1. The Morgan fingerprint density at radius 1 is 1.32 bits per heavy atom. The average molecular weight is 268 g/mol. The molecule has 0 aromatic heterocycles. The van der Waals surface area contributed by atoms with E-state index in [4.69, 9.17) is 4.74 Å². The van der Waals surface area contributed by atoms with Crippen LogP contribution in [0.25, 0.3) is 0 Å². The highest BCUT2D eigenvalue weighted by Crippen LogP contribution is 2.47. The topological polar surface area (TPSA) is 46.5 Å². The van der Waals surface area contributed by atoms with Gasteiger partial charge in [0.05, 0.1) is 5.92 Å². The van der Waals surface area contributed by atoms with Crippen LogP contribution in [0.1, 0.15) is 47.0 Å². The lowest BCUT2D eigenvalue weighted by Gasteiger charge is -2.36. The van der Waals surface area contributed by atoms with Crippen LogP contribution < -0.4 is 0 Å². The van der Waals surface area contributed by atoms with Crippen molar-refractivity contribution in [3.05, 3.63) is 0 Å². The lowest BCUT2D eigenvalue weighted by molar-refractivity contribution is -0.158. The Bertz CT molecular complexity index is 326. The molecule has 6 unspecified atom stereocenters. The number of rotatable bonds is 4. The number of aliphatic hydroxyl groups excluding tert-OH is 1. The van der Waals surface area contributed by atoms with Crippen LogP contribution in [0.3, 0.4) is 0 Å². The second-order valence-corrected chi connectivity index (χ2v) is 7.03. The fourth-order valence-electron chi connectivity index (χ4n) is 3.69. The van der Waals surface area contributed by atoms with Crippen molar-refractivity contribution in [2.24, 2.45) is 35.5 Å². The first kappa shape index (κ1) is 14.8. The second kappa shape index (κ2) is 5.82. The van der Waals surface area contributed by atoms with Gasteiger partial charge in [0.2, 0.25) is 0 Å². The van der Waals surface area contributed by atoms with E-state index >= 15 is 0 Å². The van der Waals surface area contributed by atoms with E-state index in [0.717, 1.165) is 6.42 Å². The monoisotopic (exact) mass is 268 g/mol. The van der Waals surface area contributed by atoms with Gasteiger partial charge in [-0.05, 0) is 42.4 Å². The maximum atomic E-state index is 12.2. The molecular formula is C16H28O3. The van der Waals surface area contributed by atoms with E-state index in [0.29, 0.717) is 17.8 Å². The molecule has 2 fully saturated rings. The first-order valence-corrected chi connectivity index (χ1v) is 7.77. The van der Waals surface area contributed by atoms with Gasteiger partial charge in [-0.25, -0.2) is 0 Å². The number of hydrogen-bond donors (Lipinski definition) is 1. The smallest absolute Gasteiger partial charge is 0.309 e. The maximum Gasteiger partial charge on any atom is 0.309 e. The van der Waals surface area contributed by atoms with Gasteiger partial charge in [0, 0.05) is 6.61 Å². The summed E-state index contributed by atoms with van der Waals surface area (Å²) in [5.74, 6) is 2.00. The van der Waals surface area contributed by atoms with Crippen molar-refractivity contribution in [1.29, 1.82) is 0 Å². The van der Waals surface area contributed by atoms with Crippen LogP contribution >= 0.6 is 0 Å². The summed E-state index contributed by atoms with van der Waals surface area (Å²) in [7, 11) is 0. The van der Waals surface area contributed by atoms with Crippen LogP contribution in [-0.2, 0) is 9.53 Å². The highest BCUT2D eigenvalue weighted by molar-refractivity contribution is 5.76. The molecule has 3 nitrogen and oxygen atoms in total. The van der Waals surface area contributed by atoms with Crippen molar-refractivity contribution in [1.82, 2.24) is 0 Å². The van der Waals surface area contributed by atoms with Gasteiger partial charge in [-0.15, -0.1) is 0 Å². The van der Waals surface area contributed by atoms with Gasteiger partial charge >= 0.3 is 5.97 Å². The van der Waals surface area contributed by atoms with Crippen LogP contribution in [0, 0.1) is 35.5 Å². The molecule has 0 aromatic rings. The Balaban J connectivity index is 1.94. The predicted molar refractivity (Wildman–Crippen MR) is 74.5 cm³/mol. The van der Waals surface area contributed by atoms with Crippen LogP contribution in [-0.4, -0.2) is 23.8 Å². The third-order valence-corrected chi connectivity index (χ3v) is 5.27. The fraction of sp³-hybridized carbons (Fsp3) is 0.938. The average Bonchev–Trinajstić information content (AvgIpc) is 2.99. The Labute approximate surface area is 116 Å². The maximum absolute atomic E-state index is 12.2. The highest BCUT2D eigenvalue weighted by atomic mass is 16.5. The number of esters is 1. The third kappa shape index (κ3) is 3.13. The van der Waals surface area contributed by atoms with Crippen LogP contribution in [0.4, 0.5) is 0 Å². The highest BCUT2D eigenvalue weighted by Gasteiger charge is 2.53. The zero-order valence-electron chi connectivity index (χ0n) is 12.6. The minimum atomic E-state index is -0.0729. The predicted octanol–water partition coefficient (Wildman–Crippen LogP) is 2.86. The molecule has 6 atom stereocenters. The van der Waals surface area contributed by atoms with Gasteiger partial charge in [0.1, 0.15) is 6.10 Å². The Morgan fingerprint density at radius 3 is 2.53 bits per heavy atom. The van der Waals surface area contributed by atoms with Gasteiger partial charge < -0.3 is 9.84 Å². The first-order valence-electron chi connectivity index (χ1n) is 7.77. The van der Waals surface area contributed by atoms with E-state index in [1.54, 1.807) is 0 Å².